The van der Waals surface area contributed by atoms with Gasteiger partial charge in [0, 0.05) is 28.6 Å². The number of thiophene rings is 1. The molecule has 0 aliphatic carbocycles. The molecular formula is C16H13F3N4OS2. The molecule has 0 aliphatic heterocycles. The predicted octanol–water partition coefficient (Wildman–Crippen LogP) is 4.79. The van der Waals surface area contributed by atoms with Gasteiger partial charge in [-0.05, 0) is 31.2 Å². The zero-order valence-electron chi connectivity index (χ0n) is 13.4. The van der Waals surface area contributed by atoms with Crippen LogP contribution in [0.15, 0.2) is 36.4 Å². The third-order valence-electron chi connectivity index (χ3n) is 3.32. The number of halogens is 3. The molecule has 5 nitrogen and oxygen atoms in total. The van der Waals surface area contributed by atoms with E-state index < -0.39 is 11.7 Å². The van der Waals surface area contributed by atoms with Crippen LogP contribution in [0.2, 0.25) is 0 Å². The maximum absolute atomic E-state index is 13.0. The van der Waals surface area contributed by atoms with Gasteiger partial charge < -0.3 is 5.32 Å². The van der Waals surface area contributed by atoms with Crippen molar-refractivity contribution >= 4 is 39.6 Å². The summed E-state index contributed by atoms with van der Waals surface area (Å²) in [6.45, 7) is 1.91. The van der Waals surface area contributed by atoms with Crippen LogP contribution in [-0.4, -0.2) is 15.3 Å². The highest BCUT2D eigenvalue weighted by Gasteiger charge is 2.33. The van der Waals surface area contributed by atoms with Crippen LogP contribution >= 0.6 is 22.9 Å². The summed E-state index contributed by atoms with van der Waals surface area (Å²) in [7, 11) is 0. The highest BCUT2D eigenvalue weighted by atomic mass is 32.1. The molecule has 136 valence electrons. The fraction of sp³-hybridized carbons (Fsp3) is 0.188. The van der Waals surface area contributed by atoms with Crippen molar-refractivity contribution < 1.29 is 18.0 Å². The van der Waals surface area contributed by atoms with Gasteiger partial charge in [-0.15, -0.1) is 11.3 Å². The fourth-order valence-corrected chi connectivity index (χ4v) is 3.58. The number of aromatic nitrogens is 2. The molecule has 3 aromatic rings. The van der Waals surface area contributed by atoms with E-state index >= 15 is 0 Å². The zero-order chi connectivity index (χ0) is 18.7. The van der Waals surface area contributed by atoms with Crippen molar-refractivity contribution in [2.45, 2.75) is 19.6 Å². The summed E-state index contributed by atoms with van der Waals surface area (Å²) in [4.78, 5) is 17.4. The highest BCUT2D eigenvalue weighted by molar-refractivity contribution is 7.14. The van der Waals surface area contributed by atoms with Gasteiger partial charge in [0.15, 0.2) is 0 Å². The van der Waals surface area contributed by atoms with Gasteiger partial charge in [0.25, 0.3) is 5.91 Å². The molecule has 3 rings (SSSR count). The number of para-hydroxylation sites is 1. The number of hydrogen-bond acceptors (Lipinski definition) is 6. The first-order valence-electron chi connectivity index (χ1n) is 7.43. The third-order valence-corrected chi connectivity index (χ3v) is 5.12. The second-order valence-corrected chi connectivity index (χ2v) is 7.18. The minimum atomic E-state index is -4.43. The number of hydrogen-bond donors (Lipinski definition) is 2. The van der Waals surface area contributed by atoms with E-state index in [0.717, 1.165) is 22.5 Å². The van der Waals surface area contributed by atoms with E-state index in [2.05, 4.69) is 20.0 Å². The first-order chi connectivity index (χ1) is 12.3. The van der Waals surface area contributed by atoms with Crippen LogP contribution in [-0.2, 0) is 12.7 Å². The fourth-order valence-electron chi connectivity index (χ4n) is 2.17. The standard InChI is InChI=1S/C16H13F3N4OS2/c1-9-21-15(26-23-9)22-14(24)13-7-6-10(25-13)8-20-12-5-3-2-4-11(12)16(17,18)19/h2-7,20H,8H2,1H3,(H,21,22,23,24). The Kier molecular flexibility index (Phi) is 5.23. The summed E-state index contributed by atoms with van der Waals surface area (Å²) in [5.74, 6) is 0.248. The van der Waals surface area contributed by atoms with Gasteiger partial charge in [0.2, 0.25) is 5.13 Å². The second kappa shape index (κ2) is 7.42. The van der Waals surface area contributed by atoms with Crippen molar-refractivity contribution in [2.75, 3.05) is 10.6 Å². The average Bonchev–Trinajstić information content (AvgIpc) is 3.21. The summed E-state index contributed by atoms with van der Waals surface area (Å²) in [6, 6.07) is 8.61. The summed E-state index contributed by atoms with van der Waals surface area (Å²) >= 11 is 2.28. The second-order valence-electron chi connectivity index (χ2n) is 5.26. The highest BCUT2D eigenvalue weighted by Crippen LogP contribution is 2.35. The van der Waals surface area contributed by atoms with Gasteiger partial charge in [-0.2, -0.15) is 17.5 Å². The largest absolute Gasteiger partial charge is 0.418 e. The van der Waals surface area contributed by atoms with Crippen LogP contribution in [0.4, 0.5) is 24.0 Å². The monoisotopic (exact) mass is 398 g/mol. The molecular weight excluding hydrogens is 385 g/mol. The number of alkyl halides is 3. The van der Waals surface area contributed by atoms with Gasteiger partial charge >= 0.3 is 6.18 Å². The molecule has 0 spiro atoms. The van der Waals surface area contributed by atoms with E-state index in [1.54, 1.807) is 19.1 Å². The van der Waals surface area contributed by atoms with Gasteiger partial charge in [-0.25, -0.2) is 4.98 Å². The Morgan fingerprint density at radius 3 is 2.65 bits per heavy atom. The number of nitrogens with one attached hydrogen (secondary N) is 2. The first-order valence-corrected chi connectivity index (χ1v) is 9.02. The molecule has 10 heteroatoms. The van der Waals surface area contributed by atoms with Crippen molar-refractivity contribution in [3.63, 3.8) is 0 Å². The number of aryl methyl sites for hydroxylation is 1. The Bertz CT molecular complexity index is 920. The number of anilines is 2. The van der Waals surface area contributed by atoms with Crippen molar-refractivity contribution in [1.82, 2.24) is 9.36 Å². The lowest BCUT2D eigenvalue weighted by Gasteiger charge is -2.13. The maximum Gasteiger partial charge on any atom is 0.418 e. The molecule has 0 radical (unpaired) electrons. The molecule has 1 amide bonds. The van der Waals surface area contributed by atoms with Crippen molar-refractivity contribution in [3.8, 4) is 0 Å². The topological polar surface area (TPSA) is 66.9 Å². The van der Waals surface area contributed by atoms with Crippen LogP contribution < -0.4 is 10.6 Å². The van der Waals surface area contributed by atoms with Crippen LogP contribution in [0, 0.1) is 6.92 Å². The summed E-state index contributed by atoms with van der Waals surface area (Å²) in [5.41, 5.74) is -0.718. The van der Waals surface area contributed by atoms with E-state index in [-0.39, 0.29) is 18.1 Å². The van der Waals surface area contributed by atoms with Gasteiger partial charge in [0.05, 0.1) is 10.4 Å². The van der Waals surface area contributed by atoms with Crippen LogP contribution in [0.1, 0.15) is 25.9 Å². The molecule has 2 N–H and O–H groups in total. The molecule has 26 heavy (non-hydrogen) atoms. The molecule has 0 fully saturated rings. The number of rotatable bonds is 5. The molecule has 0 saturated carbocycles. The Hall–Kier alpha value is -2.46. The smallest absolute Gasteiger partial charge is 0.380 e. The molecule has 0 saturated heterocycles. The lowest BCUT2D eigenvalue weighted by molar-refractivity contribution is -0.137. The SMILES string of the molecule is Cc1nsc(NC(=O)c2ccc(CNc3ccccc3C(F)(F)F)s2)n1. The minimum Gasteiger partial charge on any atom is -0.380 e. The molecule has 0 atom stereocenters. The van der Waals surface area contributed by atoms with Crippen LogP contribution in [0.3, 0.4) is 0 Å². The Labute approximate surface area is 155 Å². The molecule has 1 aromatic carbocycles. The van der Waals surface area contributed by atoms with E-state index in [1.165, 1.54) is 29.5 Å². The lowest BCUT2D eigenvalue weighted by Crippen LogP contribution is -2.10. The molecule has 0 bridgehead atoms. The number of benzene rings is 1. The van der Waals surface area contributed by atoms with E-state index in [4.69, 9.17) is 0 Å². The quantitative estimate of drug-likeness (QED) is 0.648. The van der Waals surface area contributed by atoms with E-state index in [0.29, 0.717) is 15.8 Å². The number of carbonyl (C=O) groups excluding carboxylic acids is 1. The Morgan fingerprint density at radius 2 is 1.96 bits per heavy atom. The molecule has 2 heterocycles. The molecule has 0 aliphatic rings. The summed E-state index contributed by atoms with van der Waals surface area (Å²) in [5, 5.41) is 5.82. The summed E-state index contributed by atoms with van der Waals surface area (Å²) < 4.78 is 43.0. The zero-order valence-corrected chi connectivity index (χ0v) is 15.1. The first kappa shape index (κ1) is 18.3. The molecule has 0 unspecified atom stereocenters. The molecule has 2 aromatic heterocycles. The number of nitrogens with zero attached hydrogens (tertiary/aromatic N) is 2. The van der Waals surface area contributed by atoms with Gasteiger partial charge in [0.1, 0.15) is 5.82 Å². The van der Waals surface area contributed by atoms with Crippen LogP contribution in [0.5, 0.6) is 0 Å². The maximum atomic E-state index is 13.0. The van der Waals surface area contributed by atoms with Crippen molar-refractivity contribution in [3.05, 3.63) is 57.5 Å². The predicted molar refractivity (Wildman–Crippen MR) is 95.7 cm³/mol. The number of amides is 1. The Morgan fingerprint density at radius 1 is 1.19 bits per heavy atom. The van der Waals surface area contributed by atoms with E-state index in [1.807, 2.05) is 0 Å². The van der Waals surface area contributed by atoms with Crippen molar-refractivity contribution in [1.29, 1.82) is 0 Å². The average molecular weight is 398 g/mol. The Balaban J connectivity index is 1.65. The third kappa shape index (κ3) is 4.38. The van der Waals surface area contributed by atoms with Gasteiger partial charge in [-0.1, -0.05) is 12.1 Å². The van der Waals surface area contributed by atoms with E-state index in [9.17, 15) is 18.0 Å². The lowest BCUT2D eigenvalue weighted by atomic mass is 10.1. The number of carbonyl (C=O) groups is 1. The normalized spacial score (nSPS) is 11.4. The van der Waals surface area contributed by atoms with Gasteiger partial charge in [-0.3, -0.25) is 10.1 Å². The van der Waals surface area contributed by atoms with Crippen LogP contribution in [0.25, 0.3) is 0 Å². The van der Waals surface area contributed by atoms with Crippen molar-refractivity contribution in [2.24, 2.45) is 0 Å². The minimum absolute atomic E-state index is 0.00346. The summed E-state index contributed by atoms with van der Waals surface area (Å²) in [6.07, 6.45) is -4.43.